The van der Waals surface area contributed by atoms with Gasteiger partial charge in [0.25, 0.3) is 0 Å². The normalized spacial score (nSPS) is 11.1. The number of hydrogen-bond donors (Lipinski definition) is 0. The number of nitrogens with zero attached hydrogens (tertiary/aromatic N) is 5. The van der Waals surface area contributed by atoms with E-state index in [2.05, 4.69) is 100 Å². The topological polar surface area (TPSA) is 81.2 Å². The van der Waals surface area contributed by atoms with E-state index in [9.17, 15) is 15.8 Å². The van der Waals surface area contributed by atoms with Crippen LogP contribution in [0.4, 0.5) is 0 Å². The first-order valence-corrected chi connectivity index (χ1v) is 16.3. The highest BCUT2D eigenvalue weighted by atomic mass is 15.0. The molecule has 0 radical (unpaired) electrons. The molecule has 0 aliphatic heterocycles. The van der Waals surface area contributed by atoms with Gasteiger partial charge in [0, 0.05) is 32.7 Å². The molecule has 5 heteroatoms. The van der Waals surface area contributed by atoms with E-state index in [4.69, 9.17) is 0 Å². The third kappa shape index (κ3) is 4.31. The van der Waals surface area contributed by atoms with Crippen molar-refractivity contribution in [2.24, 2.45) is 0 Å². The summed E-state index contributed by atoms with van der Waals surface area (Å²) in [5.74, 6) is 0. The van der Waals surface area contributed by atoms with Crippen molar-refractivity contribution in [3.05, 3.63) is 168 Å². The summed E-state index contributed by atoms with van der Waals surface area (Å²) < 4.78 is 4.40. The van der Waals surface area contributed by atoms with E-state index in [-0.39, 0.29) is 0 Å². The van der Waals surface area contributed by atoms with E-state index in [0.29, 0.717) is 22.4 Å². The Morgan fingerprint density at radius 2 is 0.880 bits per heavy atom. The van der Waals surface area contributed by atoms with Crippen molar-refractivity contribution in [2.75, 3.05) is 0 Å². The van der Waals surface area contributed by atoms with Crippen LogP contribution in [-0.2, 0) is 0 Å². The number of aromatic nitrogens is 2. The molecule has 0 unspecified atom stereocenters. The summed E-state index contributed by atoms with van der Waals surface area (Å²) >= 11 is 0. The third-order valence-electron chi connectivity index (χ3n) is 9.65. The molecule has 9 aromatic rings. The SMILES string of the molecule is N#Cc1ccc2c(c1)c1ccccc1n2-c1cc(-c2cc(-c3ccccc3-n3c4ccccc4c4ccccc43)ccc2C#N)ccc1C#N. The van der Waals surface area contributed by atoms with Crippen molar-refractivity contribution < 1.29 is 0 Å². The van der Waals surface area contributed by atoms with Crippen LogP contribution in [0.25, 0.3) is 77.2 Å². The summed E-state index contributed by atoms with van der Waals surface area (Å²) in [6.07, 6.45) is 0. The molecule has 0 aliphatic carbocycles. The van der Waals surface area contributed by atoms with E-state index in [0.717, 1.165) is 60.8 Å². The maximum absolute atomic E-state index is 10.3. The van der Waals surface area contributed by atoms with Gasteiger partial charge in [-0.15, -0.1) is 0 Å². The summed E-state index contributed by atoms with van der Waals surface area (Å²) in [6.45, 7) is 0. The molecular weight excluding hydrogens is 611 g/mol. The number of benzene rings is 7. The highest BCUT2D eigenvalue weighted by molar-refractivity contribution is 6.11. The fraction of sp³-hybridized carbons (Fsp3) is 0. The lowest BCUT2D eigenvalue weighted by Gasteiger charge is -2.16. The first-order chi connectivity index (χ1) is 24.7. The zero-order valence-electron chi connectivity index (χ0n) is 26.7. The minimum Gasteiger partial charge on any atom is -0.309 e. The highest BCUT2D eigenvalue weighted by Crippen LogP contribution is 2.39. The van der Waals surface area contributed by atoms with Gasteiger partial charge in [0.15, 0.2) is 0 Å². The molecule has 50 heavy (non-hydrogen) atoms. The molecule has 0 spiro atoms. The largest absolute Gasteiger partial charge is 0.309 e. The quantitative estimate of drug-likeness (QED) is 0.193. The lowest BCUT2D eigenvalue weighted by molar-refractivity contribution is 1.17. The Balaban J connectivity index is 1.26. The van der Waals surface area contributed by atoms with Crippen LogP contribution in [-0.4, -0.2) is 9.13 Å². The Kier molecular flexibility index (Phi) is 6.56. The molecule has 0 saturated carbocycles. The molecule has 0 atom stereocenters. The fourth-order valence-corrected chi connectivity index (χ4v) is 7.42. The minimum atomic E-state index is 0.507. The predicted molar refractivity (Wildman–Crippen MR) is 200 cm³/mol. The second-order valence-corrected chi connectivity index (χ2v) is 12.3. The van der Waals surface area contributed by atoms with E-state index in [1.807, 2.05) is 72.8 Å². The first kappa shape index (κ1) is 28.8. The van der Waals surface area contributed by atoms with Gasteiger partial charge in [-0.25, -0.2) is 0 Å². The van der Waals surface area contributed by atoms with Gasteiger partial charge >= 0.3 is 0 Å². The Labute approximate surface area is 287 Å². The van der Waals surface area contributed by atoms with Crippen LogP contribution in [0.2, 0.25) is 0 Å². The molecule has 0 bridgehead atoms. The minimum absolute atomic E-state index is 0.507. The molecule has 0 saturated heterocycles. The van der Waals surface area contributed by atoms with Gasteiger partial charge in [0.1, 0.15) is 6.07 Å². The van der Waals surface area contributed by atoms with E-state index >= 15 is 0 Å². The van der Waals surface area contributed by atoms with Gasteiger partial charge < -0.3 is 9.13 Å². The van der Waals surface area contributed by atoms with Crippen molar-refractivity contribution in [2.45, 2.75) is 0 Å². The molecule has 0 N–H and O–H groups in total. The zero-order chi connectivity index (χ0) is 33.8. The summed E-state index contributed by atoms with van der Waals surface area (Å²) in [4.78, 5) is 0. The number of nitriles is 3. The third-order valence-corrected chi connectivity index (χ3v) is 9.65. The molecule has 0 aliphatic rings. The second-order valence-electron chi connectivity index (χ2n) is 12.3. The molecule has 5 nitrogen and oxygen atoms in total. The van der Waals surface area contributed by atoms with Gasteiger partial charge in [-0.05, 0) is 77.9 Å². The maximum atomic E-state index is 10.3. The van der Waals surface area contributed by atoms with Crippen LogP contribution in [0.3, 0.4) is 0 Å². The van der Waals surface area contributed by atoms with Gasteiger partial charge in [0.2, 0.25) is 0 Å². The van der Waals surface area contributed by atoms with E-state index in [1.54, 1.807) is 6.07 Å². The van der Waals surface area contributed by atoms with Gasteiger partial charge in [0.05, 0.1) is 62.3 Å². The molecule has 2 heterocycles. The van der Waals surface area contributed by atoms with E-state index in [1.165, 1.54) is 10.8 Å². The molecule has 2 aromatic heterocycles. The molecule has 230 valence electrons. The number of rotatable bonds is 4. The summed E-state index contributed by atoms with van der Waals surface area (Å²) in [6, 6.07) is 57.8. The lowest BCUT2D eigenvalue weighted by Crippen LogP contribution is -1.99. The Hall–Kier alpha value is -7.39. The average molecular weight is 636 g/mol. The fourth-order valence-electron chi connectivity index (χ4n) is 7.42. The number of para-hydroxylation sites is 4. The Morgan fingerprint density at radius 1 is 0.360 bits per heavy atom. The van der Waals surface area contributed by atoms with Crippen LogP contribution in [0.1, 0.15) is 16.7 Å². The standard InChI is InChI=1S/C45H25N5/c46-26-29-17-22-44-39(23-29)37-12-4-8-16-43(37)50(44)45-25-31(19-21-33(45)28-48)38-24-30(18-20-32(38)27-47)34-9-1-5-13-40(34)49-41-14-6-2-10-35(41)36-11-3-7-15-42(36)49/h1-25H. The van der Waals surface area contributed by atoms with Gasteiger partial charge in [-0.1, -0.05) is 84.9 Å². The molecular formula is C45H25N5. The van der Waals surface area contributed by atoms with E-state index < -0.39 is 0 Å². The van der Waals surface area contributed by atoms with Crippen LogP contribution in [0.15, 0.2) is 152 Å². The molecule has 0 amide bonds. The number of hydrogen-bond acceptors (Lipinski definition) is 3. The van der Waals surface area contributed by atoms with Crippen LogP contribution >= 0.6 is 0 Å². The molecule has 9 rings (SSSR count). The van der Waals surface area contributed by atoms with Gasteiger partial charge in [-0.2, -0.15) is 15.8 Å². The second kappa shape index (κ2) is 11.4. The summed E-state index contributed by atoms with van der Waals surface area (Å²) in [5.41, 5.74) is 11.1. The summed E-state index contributed by atoms with van der Waals surface area (Å²) in [7, 11) is 0. The Morgan fingerprint density at radius 3 is 1.52 bits per heavy atom. The predicted octanol–water partition coefficient (Wildman–Crippen LogP) is 10.8. The maximum Gasteiger partial charge on any atom is 0.101 e. The van der Waals surface area contributed by atoms with Crippen molar-refractivity contribution in [3.8, 4) is 51.8 Å². The first-order valence-electron chi connectivity index (χ1n) is 16.3. The van der Waals surface area contributed by atoms with Crippen molar-refractivity contribution in [1.29, 1.82) is 15.8 Å². The molecule has 0 fully saturated rings. The zero-order valence-corrected chi connectivity index (χ0v) is 26.7. The lowest BCUT2D eigenvalue weighted by atomic mass is 9.93. The number of fused-ring (bicyclic) bond motifs is 6. The van der Waals surface area contributed by atoms with Crippen molar-refractivity contribution >= 4 is 43.6 Å². The summed E-state index contributed by atoms with van der Waals surface area (Å²) in [5, 5.41) is 34.6. The molecule has 7 aromatic carbocycles. The smallest absolute Gasteiger partial charge is 0.101 e. The van der Waals surface area contributed by atoms with Crippen LogP contribution in [0, 0.1) is 34.0 Å². The van der Waals surface area contributed by atoms with Crippen LogP contribution < -0.4 is 0 Å². The van der Waals surface area contributed by atoms with Crippen molar-refractivity contribution in [3.63, 3.8) is 0 Å². The van der Waals surface area contributed by atoms with Crippen LogP contribution in [0.5, 0.6) is 0 Å². The Bertz CT molecular complexity index is 2920. The monoisotopic (exact) mass is 635 g/mol. The highest BCUT2D eigenvalue weighted by Gasteiger charge is 2.19. The van der Waals surface area contributed by atoms with Crippen molar-refractivity contribution in [1.82, 2.24) is 9.13 Å². The van der Waals surface area contributed by atoms with Gasteiger partial charge in [-0.3, -0.25) is 0 Å². The average Bonchev–Trinajstić information content (AvgIpc) is 3.70.